The molecule has 1 fully saturated rings. The fourth-order valence-electron chi connectivity index (χ4n) is 3.81. The van der Waals surface area contributed by atoms with Crippen molar-refractivity contribution in [3.05, 3.63) is 64.4 Å². The van der Waals surface area contributed by atoms with Crippen LogP contribution in [-0.2, 0) is 4.79 Å². The number of fused-ring (bicyclic) bond motifs is 1. The highest BCUT2D eigenvalue weighted by atomic mass is 35.5. The molecule has 2 aromatic heterocycles. The molecule has 4 rings (SSSR count). The van der Waals surface area contributed by atoms with Gasteiger partial charge in [0.25, 0.3) is 17.6 Å². The van der Waals surface area contributed by atoms with E-state index in [-0.39, 0.29) is 40.3 Å². The van der Waals surface area contributed by atoms with Gasteiger partial charge in [0.15, 0.2) is 6.29 Å². The molecule has 1 atom stereocenters. The van der Waals surface area contributed by atoms with Gasteiger partial charge in [-0.1, -0.05) is 29.8 Å². The standard InChI is InChI=1S/C22H19ClN4O4/c1-13-11-26(21(30)14-5-3-2-4-6-14)7-8-27(13)22(31)20(29)16-10-24-18-15(12-28)9-17(23)25-19(16)18/h2-6,9-10,12-13,24H,7-8,11H2,1H3. The topological polar surface area (TPSA) is 103 Å². The van der Waals surface area contributed by atoms with Crippen molar-refractivity contribution in [3.63, 3.8) is 0 Å². The third kappa shape index (κ3) is 3.82. The molecule has 1 unspecified atom stereocenters. The number of nitrogens with one attached hydrogen (secondary N) is 1. The van der Waals surface area contributed by atoms with E-state index >= 15 is 0 Å². The SMILES string of the molecule is CC1CN(C(=O)c2ccccc2)CCN1C(=O)C(=O)c1c[nH]c2c(C=O)cc(Cl)nc12. The first-order valence-electron chi connectivity index (χ1n) is 9.73. The van der Waals surface area contributed by atoms with Crippen molar-refractivity contribution in [1.29, 1.82) is 0 Å². The summed E-state index contributed by atoms with van der Waals surface area (Å²) in [5.41, 5.74) is 1.42. The van der Waals surface area contributed by atoms with Gasteiger partial charge in [0.05, 0.1) is 11.1 Å². The second-order valence-electron chi connectivity index (χ2n) is 7.37. The molecule has 0 aliphatic carbocycles. The van der Waals surface area contributed by atoms with Crippen LogP contribution < -0.4 is 0 Å². The Labute approximate surface area is 182 Å². The number of nitrogens with zero attached hydrogens (tertiary/aromatic N) is 3. The number of Topliss-reactive ketones (excluding diaryl/α,β-unsaturated/α-hetero) is 1. The average Bonchev–Trinajstić information content (AvgIpc) is 3.21. The average molecular weight is 439 g/mol. The first kappa shape index (κ1) is 20.7. The van der Waals surface area contributed by atoms with Crippen LogP contribution in [0.2, 0.25) is 5.15 Å². The fraction of sp³-hybridized carbons (Fsp3) is 0.227. The minimum absolute atomic E-state index is 0.0529. The number of amides is 2. The van der Waals surface area contributed by atoms with Crippen molar-refractivity contribution in [2.45, 2.75) is 13.0 Å². The number of halogens is 1. The van der Waals surface area contributed by atoms with Gasteiger partial charge < -0.3 is 14.8 Å². The van der Waals surface area contributed by atoms with Crippen LogP contribution in [0.5, 0.6) is 0 Å². The number of pyridine rings is 1. The summed E-state index contributed by atoms with van der Waals surface area (Å²) in [6, 6.07) is 9.97. The largest absolute Gasteiger partial charge is 0.359 e. The molecule has 3 heterocycles. The molecule has 1 saturated heterocycles. The number of carbonyl (C=O) groups excluding carboxylic acids is 4. The van der Waals surface area contributed by atoms with E-state index in [0.717, 1.165) is 0 Å². The normalized spacial score (nSPS) is 16.4. The number of aromatic amines is 1. The highest BCUT2D eigenvalue weighted by molar-refractivity contribution is 6.45. The Morgan fingerprint density at radius 1 is 1.19 bits per heavy atom. The molecular weight excluding hydrogens is 420 g/mol. The molecule has 1 N–H and O–H groups in total. The summed E-state index contributed by atoms with van der Waals surface area (Å²) in [6.45, 7) is 2.68. The zero-order chi connectivity index (χ0) is 22.1. The summed E-state index contributed by atoms with van der Waals surface area (Å²) >= 11 is 5.96. The molecular formula is C22H19ClN4O4. The third-order valence-corrected chi connectivity index (χ3v) is 5.59. The summed E-state index contributed by atoms with van der Waals surface area (Å²) < 4.78 is 0. The minimum Gasteiger partial charge on any atom is -0.359 e. The van der Waals surface area contributed by atoms with Crippen LogP contribution >= 0.6 is 11.6 Å². The molecule has 2 amide bonds. The molecule has 0 bridgehead atoms. The van der Waals surface area contributed by atoms with Gasteiger partial charge in [-0.15, -0.1) is 0 Å². The zero-order valence-electron chi connectivity index (χ0n) is 16.7. The van der Waals surface area contributed by atoms with Crippen LogP contribution in [0.4, 0.5) is 0 Å². The van der Waals surface area contributed by atoms with Crippen molar-refractivity contribution in [3.8, 4) is 0 Å². The summed E-state index contributed by atoms with van der Waals surface area (Å²) in [7, 11) is 0. The number of H-pyrrole nitrogens is 1. The van der Waals surface area contributed by atoms with Crippen LogP contribution in [-0.4, -0.2) is 69.3 Å². The first-order valence-corrected chi connectivity index (χ1v) is 10.1. The minimum atomic E-state index is -0.743. The second-order valence-corrected chi connectivity index (χ2v) is 7.76. The molecule has 8 nitrogen and oxygen atoms in total. The molecule has 0 spiro atoms. The summed E-state index contributed by atoms with van der Waals surface area (Å²) in [5.74, 6) is -1.54. The van der Waals surface area contributed by atoms with E-state index in [9.17, 15) is 19.2 Å². The van der Waals surface area contributed by atoms with E-state index in [1.165, 1.54) is 17.2 Å². The van der Waals surface area contributed by atoms with Gasteiger partial charge in [0, 0.05) is 43.0 Å². The van der Waals surface area contributed by atoms with Gasteiger partial charge in [-0.3, -0.25) is 19.2 Å². The van der Waals surface area contributed by atoms with E-state index in [1.54, 1.807) is 36.1 Å². The lowest BCUT2D eigenvalue weighted by Crippen LogP contribution is -2.56. The molecule has 31 heavy (non-hydrogen) atoms. The van der Waals surface area contributed by atoms with Crippen molar-refractivity contribution < 1.29 is 19.2 Å². The van der Waals surface area contributed by atoms with E-state index in [0.29, 0.717) is 30.5 Å². The Morgan fingerprint density at radius 2 is 1.94 bits per heavy atom. The zero-order valence-corrected chi connectivity index (χ0v) is 17.4. The van der Waals surface area contributed by atoms with Crippen molar-refractivity contribution in [1.82, 2.24) is 19.8 Å². The van der Waals surface area contributed by atoms with E-state index in [1.807, 2.05) is 6.07 Å². The molecule has 3 aromatic rings. The van der Waals surface area contributed by atoms with Gasteiger partial charge in [0.2, 0.25) is 0 Å². The number of hydrogen-bond donors (Lipinski definition) is 1. The van der Waals surface area contributed by atoms with Crippen molar-refractivity contribution in [2.75, 3.05) is 19.6 Å². The predicted molar refractivity (Wildman–Crippen MR) is 114 cm³/mol. The number of benzene rings is 1. The molecule has 0 radical (unpaired) electrons. The van der Waals surface area contributed by atoms with Crippen LogP contribution in [0.15, 0.2) is 42.6 Å². The maximum Gasteiger partial charge on any atom is 0.295 e. The fourth-order valence-corrected chi connectivity index (χ4v) is 4.01. The first-order chi connectivity index (χ1) is 14.9. The Hall–Kier alpha value is -3.52. The van der Waals surface area contributed by atoms with Crippen LogP contribution in [0.3, 0.4) is 0 Å². The molecule has 1 aliphatic rings. The lowest BCUT2D eigenvalue weighted by Gasteiger charge is -2.39. The van der Waals surface area contributed by atoms with Gasteiger partial charge in [-0.2, -0.15) is 0 Å². The van der Waals surface area contributed by atoms with E-state index < -0.39 is 11.7 Å². The number of rotatable bonds is 4. The van der Waals surface area contributed by atoms with E-state index in [2.05, 4.69) is 9.97 Å². The summed E-state index contributed by atoms with van der Waals surface area (Å²) in [4.78, 5) is 59.9. The van der Waals surface area contributed by atoms with Gasteiger partial charge in [-0.25, -0.2) is 4.98 Å². The molecule has 0 saturated carbocycles. The molecule has 158 valence electrons. The summed E-state index contributed by atoms with van der Waals surface area (Å²) in [6.07, 6.45) is 1.97. The van der Waals surface area contributed by atoms with Crippen LogP contribution in [0, 0.1) is 0 Å². The quantitative estimate of drug-likeness (QED) is 0.292. The maximum absolute atomic E-state index is 13.0. The van der Waals surface area contributed by atoms with Gasteiger partial charge >= 0.3 is 0 Å². The van der Waals surface area contributed by atoms with Crippen LogP contribution in [0.1, 0.15) is 38.0 Å². The van der Waals surface area contributed by atoms with Crippen molar-refractivity contribution in [2.24, 2.45) is 0 Å². The predicted octanol–water partition coefficient (Wildman–Crippen LogP) is 2.58. The molecule has 1 aliphatic heterocycles. The molecule has 1 aromatic carbocycles. The number of ketones is 1. The smallest absolute Gasteiger partial charge is 0.295 e. The maximum atomic E-state index is 13.0. The number of carbonyl (C=O) groups is 4. The Kier molecular flexibility index (Phi) is 5.56. The monoisotopic (exact) mass is 438 g/mol. The van der Waals surface area contributed by atoms with Gasteiger partial charge in [0.1, 0.15) is 10.7 Å². The highest BCUT2D eigenvalue weighted by Crippen LogP contribution is 2.24. The third-order valence-electron chi connectivity index (χ3n) is 5.40. The lowest BCUT2D eigenvalue weighted by molar-refractivity contribution is -0.130. The van der Waals surface area contributed by atoms with Gasteiger partial charge in [-0.05, 0) is 25.1 Å². The number of hydrogen-bond acceptors (Lipinski definition) is 5. The number of aldehydes is 1. The Bertz CT molecular complexity index is 1190. The highest BCUT2D eigenvalue weighted by Gasteiger charge is 2.34. The lowest BCUT2D eigenvalue weighted by atomic mass is 10.1. The Morgan fingerprint density at radius 3 is 2.61 bits per heavy atom. The number of piperazine rings is 1. The second kappa shape index (κ2) is 8.31. The van der Waals surface area contributed by atoms with Crippen molar-refractivity contribution >= 4 is 46.5 Å². The van der Waals surface area contributed by atoms with E-state index in [4.69, 9.17) is 11.6 Å². The molecule has 9 heteroatoms. The number of aromatic nitrogens is 2. The Balaban J connectivity index is 1.52. The van der Waals surface area contributed by atoms with Crippen LogP contribution in [0.25, 0.3) is 11.0 Å². The summed E-state index contributed by atoms with van der Waals surface area (Å²) in [5, 5.41) is 0.0529.